The molecule has 1 saturated carbocycles. The number of anilines is 1. The van der Waals surface area contributed by atoms with Gasteiger partial charge in [0.05, 0.1) is 18.3 Å². The summed E-state index contributed by atoms with van der Waals surface area (Å²) in [6.45, 7) is 3.97. The number of nitrogens with zero attached hydrogens (tertiary/aromatic N) is 2. The first kappa shape index (κ1) is 15.1. The third-order valence-corrected chi connectivity index (χ3v) is 4.97. The molecule has 0 unspecified atom stereocenters. The van der Waals surface area contributed by atoms with Crippen molar-refractivity contribution < 1.29 is 4.79 Å². The van der Waals surface area contributed by atoms with Crippen LogP contribution < -0.4 is 10.6 Å². The summed E-state index contributed by atoms with van der Waals surface area (Å²) in [4.78, 5) is 12.3. The van der Waals surface area contributed by atoms with Crippen LogP contribution in [0.1, 0.15) is 55.8 Å². The van der Waals surface area contributed by atoms with Gasteiger partial charge in [-0.3, -0.25) is 5.32 Å². The van der Waals surface area contributed by atoms with Crippen molar-refractivity contribution >= 4 is 23.2 Å². The van der Waals surface area contributed by atoms with Crippen molar-refractivity contribution in [3.63, 3.8) is 0 Å². The van der Waals surface area contributed by atoms with E-state index in [1.54, 1.807) is 11.3 Å². The molecule has 2 N–H and O–H groups in total. The number of nitrogens with one attached hydrogen (secondary N) is 2. The SMILES string of the molecule is Cc1cnn(C2CCCC2)c1NC(=O)N[C@@H](C)c1ccsc1. The van der Waals surface area contributed by atoms with E-state index >= 15 is 0 Å². The first-order chi connectivity index (χ1) is 10.6. The molecule has 1 fully saturated rings. The number of hydrogen-bond acceptors (Lipinski definition) is 3. The Kier molecular flexibility index (Phi) is 4.47. The van der Waals surface area contributed by atoms with Crippen molar-refractivity contribution in [3.05, 3.63) is 34.2 Å². The number of hydrogen-bond donors (Lipinski definition) is 2. The lowest BCUT2D eigenvalue weighted by molar-refractivity contribution is 0.249. The Balaban J connectivity index is 1.67. The normalized spacial score (nSPS) is 16.6. The number of amides is 2. The van der Waals surface area contributed by atoms with Gasteiger partial charge < -0.3 is 5.32 Å². The van der Waals surface area contributed by atoms with E-state index in [4.69, 9.17) is 0 Å². The van der Waals surface area contributed by atoms with Gasteiger partial charge in [0.2, 0.25) is 0 Å². The Morgan fingerprint density at radius 3 is 2.91 bits per heavy atom. The minimum Gasteiger partial charge on any atom is -0.331 e. The second-order valence-corrected chi connectivity index (χ2v) is 6.72. The first-order valence-corrected chi connectivity index (χ1v) is 8.73. The quantitative estimate of drug-likeness (QED) is 0.885. The smallest absolute Gasteiger partial charge is 0.320 e. The van der Waals surface area contributed by atoms with Crippen molar-refractivity contribution in [2.75, 3.05) is 5.32 Å². The van der Waals surface area contributed by atoms with Gasteiger partial charge in [0, 0.05) is 5.56 Å². The number of thiophene rings is 1. The van der Waals surface area contributed by atoms with E-state index < -0.39 is 0 Å². The molecular weight excluding hydrogens is 296 g/mol. The molecule has 2 amide bonds. The Hall–Kier alpha value is -1.82. The van der Waals surface area contributed by atoms with Crippen molar-refractivity contribution in [1.29, 1.82) is 0 Å². The van der Waals surface area contributed by atoms with Crippen LogP contribution in [0.25, 0.3) is 0 Å². The lowest BCUT2D eigenvalue weighted by atomic mass is 10.2. The summed E-state index contributed by atoms with van der Waals surface area (Å²) >= 11 is 1.64. The molecule has 0 aromatic carbocycles. The number of carbonyl (C=O) groups is 1. The second-order valence-electron chi connectivity index (χ2n) is 5.94. The zero-order valence-corrected chi connectivity index (χ0v) is 13.8. The molecule has 2 aromatic heterocycles. The average molecular weight is 318 g/mol. The average Bonchev–Trinajstić information content (AvgIpc) is 3.21. The molecule has 2 aromatic rings. The summed E-state index contributed by atoms with van der Waals surface area (Å²) in [6.07, 6.45) is 6.59. The number of rotatable bonds is 4. The van der Waals surface area contributed by atoms with Crippen LogP contribution in [0.15, 0.2) is 23.0 Å². The predicted octanol–water partition coefficient (Wildman–Crippen LogP) is 4.25. The maximum Gasteiger partial charge on any atom is 0.320 e. The van der Waals surface area contributed by atoms with Gasteiger partial charge in [-0.25, -0.2) is 9.48 Å². The van der Waals surface area contributed by atoms with Gasteiger partial charge in [-0.05, 0) is 49.1 Å². The fourth-order valence-corrected chi connectivity index (χ4v) is 3.73. The minimum atomic E-state index is -0.179. The Morgan fingerprint density at radius 2 is 2.23 bits per heavy atom. The highest BCUT2D eigenvalue weighted by Crippen LogP contribution is 2.32. The summed E-state index contributed by atoms with van der Waals surface area (Å²) in [5.41, 5.74) is 2.13. The van der Waals surface area contributed by atoms with Crippen molar-refractivity contribution in [1.82, 2.24) is 15.1 Å². The van der Waals surface area contributed by atoms with E-state index in [0.717, 1.165) is 29.8 Å². The van der Waals surface area contributed by atoms with E-state index in [9.17, 15) is 4.79 Å². The van der Waals surface area contributed by atoms with Gasteiger partial charge in [0.25, 0.3) is 0 Å². The highest BCUT2D eigenvalue weighted by Gasteiger charge is 2.22. The third-order valence-electron chi connectivity index (χ3n) is 4.27. The lowest BCUT2D eigenvalue weighted by Crippen LogP contribution is -2.32. The number of aromatic nitrogens is 2. The molecule has 1 aliphatic carbocycles. The van der Waals surface area contributed by atoms with E-state index in [1.165, 1.54) is 12.8 Å². The fourth-order valence-electron chi connectivity index (χ4n) is 2.97. The van der Waals surface area contributed by atoms with E-state index in [-0.39, 0.29) is 12.1 Å². The summed E-state index contributed by atoms with van der Waals surface area (Å²) in [5, 5.41) is 14.5. The summed E-state index contributed by atoms with van der Waals surface area (Å²) < 4.78 is 1.98. The van der Waals surface area contributed by atoms with Gasteiger partial charge in [-0.1, -0.05) is 12.8 Å². The van der Waals surface area contributed by atoms with Crippen LogP contribution in [-0.2, 0) is 0 Å². The topological polar surface area (TPSA) is 59.0 Å². The lowest BCUT2D eigenvalue weighted by Gasteiger charge is -2.17. The van der Waals surface area contributed by atoms with E-state index in [2.05, 4.69) is 21.1 Å². The standard InChI is InChI=1S/C16H22N4OS/c1-11-9-17-20(14-5-3-4-6-14)15(11)19-16(21)18-12(2)13-7-8-22-10-13/h7-10,12,14H,3-6H2,1-2H3,(H2,18,19,21)/t12-/m0/s1. The van der Waals surface area contributed by atoms with Crippen molar-refractivity contribution in [2.24, 2.45) is 0 Å². The summed E-state index contributed by atoms with van der Waals surface area (Å²) in [5.74, 6) is 0.821. The van der Waals surface area contributed by atoms with Crippen molar-refractivity contribution in [2.45, 2.75) is 51.6 Å². The summed E-state index contributed by atoms with van der Waals surface area (Å²) in [7, 11) is 0. The van der Waals surface area contributed by atoms with Gasteiger partial charge >= 0.3 is 6.03 Å². The van der Waals surface area contributed by atoms with Crippen molar-refractivity contribution in [3.8, 4) is 0 Å². The van der Waals surface area contributed by atoms with Gasteiger partial charge in [-0.2, -0.15) is 16.4 Å². The maximum absolute atomic E-state index is 12.3. The number of aryl methyl sites for hydroxylation is 1. The Morgan fingerprint density at radius 1 is 1.45 bits per heavy atom. The van der Waals surface area contributed by atoms with E-state index in [1.807, 2.05) is 36.2 Å². The second kappa shape index (κ2) is 6.52. The molecule has 118 valence electrons. The molecule has 1 atom stereocenters. The number of carbonyl (C=O) groups excluding carboxylic acids is 1. The fraction of sp³-hybridized carbons (Fsp3) is 0.500. The van der Waals surface area contributed by atoms with Gasteiger partial charge in [0.15, 0.2) is 0 Å². The maximum atomic E-state index is 12.3. The third kappa shape index (κ3) is 3.16. The van der Waals surface area contributed by atoms with Crippen LogP contribution in [0.2, 0.25) is 0 Å². The molecule has 5 nitrogen and oxygen atoms in total. The van der Waals surface area contributed by atoms with E-state index in [0.29, 0.717) is 6.04 Å². The summed E-state index contributed by atoms with van der Waals surface area (Å²) in [6, 6.07) is 2.26. The highest BCUT2D eigenvalue weighted by atomic mass is 32.1. The molecule has 3 rings (SSSR count). The van der Waals surface area contributed by atoms with Crippen LogP contribution in [0.4, 0.5) is 10.6 Å². The molecule has 22 heavy (non-hydrogen) atoms. The molecule has 0 radical (unpaired) electrons. The molecule has 0 saturated heterocycles. The zero-order chi connectivity index (χ0) is 15.5. The Bertz CT molecular complexity index is 629. The molecular formula is C16H22N4OS. The molecule has 0 spiro atoms. The molecule has 1 aliphatic rings. The highest BCUT2D eigenvalue weighted by molar-refractivity contribution is 7.07. The Labute approximate surface area is 134 Å². The molecule has 6 heteroatoms. The largest absolute Gasteiger partial charge is 0.331 e. The van der Waals surface area contributed by atoms with Gasteiger partial charge in [0.1, 0.15) is 5.82 Å². The van der Waals surface area contributed by atoms with Gasteiger partial charge in [-0.15, -0.1) is 0 Å². The van der Waals surface area contributed by atoms with Crippen LogP contribution in [0.3, 0.4) is 0 Å². The minimum absolute atomic E-state index is 0.00518. The number of urea groups is 1. The molecule has 0 bridgehead atoms. The monoisotopic (exact) mass is 318 g/mol. The van der Waals surface area contributed by atoms with Crippen LogP contribution in [0, 0.1) is 6.92 Å². The first-order valence-electron chi connectivity index (χ1n) is 7.79. The molecule has 2 heterocycles. The molecule has 0 aliphatic heterocycles. The predicted molar refractivity (Wildman–Crippen MR) is 89.4 cm³/mol. The van der Waals surface area contributed by atoms with Crippen LogP contribution in [-0.4, -0.2) is 15.8 Å². The van der Waals surface area contributed by atoms with Crippen LogP contribution in [0.5, 0.6) is 0 Å². The zero-order valence-electron chi connectivity index (χ0n) is 13.0. The van der Waals surface area contributed by atoms with Crippen LogP contribution >= 0.6 is 11.3 Å².